The summed E-state index contributed by atoms with van der Waals surface area (Å²) in [6.07, 6.45) is 0.0515. The standard InChI is InChI=1S/C12H24O5/c1-2-3-4-5-6-8-10(14)12(16)11(15)9(7-13)17-8/h8-16H,2-7H2,1H3/t8?,9-,10+,11-,12-/m1/s1. The molecule has 0 aromatic rings. The highest BCUT2D eigenvalue weighted by Gasteiger charge is 2.42. The summed E-state index contributed by atoms with van der Waals surface area (Å²) in [7, 11) is 0. The number of rotatable bonds is 6. The van der Waals surface area contributed by atoms with Crippen LogP contribution < -0.4 is 0 Å². The molecule has 0 aromatic carbocycles. The summed E-state index contributed by atoms with van der Waals surface area (Å²) in [6.45, 7) is 1.77. The maximum absolute atomic E-state index is 9.76. The topological polar surface area (TPSA) is 90.2 Å². The molecule has 1 aliphatic heterocycles. The third-order valence-electron chi connectivity index (χ3n) is 3.33. The molecule has 1 unspecified atom stereocenters. The first kappa shape index (κ1) is 14.9. The highest BCUT2D eigenvalue weighted by atomic mass is 16.5. The molecule has 1 aliphatic rings. The summed E-state index contributed by atoms with van der Waals surface area (Å²) in [4.78, 5) is 0. The van der Waals surface area contributed by atoms with E-state index in [1.807, 2.05) is 0 Å². The lowest BCUT2D eigenvalue weighted by Gasteiger charge is -2.40. The average molecular weight is 248 g/mol. The van der Waals surface area contributed by atoms with Gasteiger partial charge in [0.2, 0.25) is 0 Å². The zero-order chi connectivity index (χ0) is 12.8. The minimum atomic E-state index is -1.24. The van der Waals surface area contributed by atoms with Crippen LogP contribution in [0, 0.1) is 0 Å². The van der Waals surface area contributed by atoms with Crippen molar-refractivity contribution >= 4 is 0 Å². The van der Waals surface area contributed by atoms with Gasteiger partial charge in [0.05, 0.1) is 12.7 Å². The lowest BCUT2D eigenvalue weighted by atomic mass is 9.92. The van der Waals surface area contributed by atoms with E-state index >= 15 is 0 Å². The van der Waals surface area contributed by atoms with E-state index in [4.69, 9.17) is 9.84 Å². The summed E-state index contributed by atoms with van der Waals surface area (Å²) in [6, 6.07) is 0. The van der Waals surface area contributed by atoms with E-state index in [2.05, 4.69) is 6.92 Å². The van der Waals surface area contributed by atoms with Crippen molar-refractivity contribution in [1.82, 2.24) is 0 Å². The molecule has 4 N–H and O–H groups in total. The van der Waals surface area contributed by atoms with Gasteiger partial charge in [-0.05, 0) is 6.42 Å². The van der Waals surface area contributed by atoms with Gasteiger partial charge in [0.25, 0.3) is 0 Å². The number of unbranched alkanes of at least 4 members (excludes halogenated alkanes) is 3. The molecule has 5 heteroatoms. The Morgan fingerprint density at radius 3 is 2.12 bits per heavy atom. The highest BCUT2D eigenvalue weighted by molar-refractivity contribution is 4.91. The number of hydrogen-bond donors (Lipinski definition) is 4. The highest BCUT2D eigenvalue weighted by Crippen LogP contribution is 2.24. The number of aliphatic hydroxyl groups is 4. The molecule has 0 aliphatic carbocycles. The van der Waals surface area contributed by atoms with Gasteiger partial charge in [-0.2, -0.15) is 0 Å². The van der Waals surface area contributed by atoms with Gasteiger partial charge in [-0.1, -0.05) is 32.6 Å². The fourth-order valence-corrected chi connectivity index (χ4v) is 2.19. The van der Waals surface area contributed by atoms with Crippen LogP contribution in [0.2, 0.25) is 0 Å². The van der Waals surface area contributed by atoms with Gasteiger partial charge in [-0.15, -0.1) is 0 Å². The largest absolute Gasteiger partial charge is 0.394 e. The predicted molar refractivity (Wildman–Crippen MR) is 62.5 cm³/mol. The lowest BCUT2D eigenvalue weighted by molar-refractivity contribution is -0.230. The summed E-state index contributed by atoms with van der Waals surface area (Å²) < 4.78 is 5.40. The van der Waals surface area contributed by atoms with Crippen LogP contribution in [0.1, 0.15) is 39.0 Å². The van der Waals surface area contributed by atoms with Crippen molar-refractivity contribution in [1.29, 1.82) is 0 Å². The first-order valence-corrected chi connectivity index (χ1v) is 6.42. The maximum Gasteiger partial charge on any atom is 0.111 e. The van der Waals surface area contributed by atoms with Gasteiger partial charge in [-0.25, -0.2) is 0 Å². The molecule has 0 aromatic heterocycles. The molecule has 0 spiro atoms. The van der Waals surface area contributed by atoms with E-state index in [9.17, 15) is 15.3 Å². The Kier molecular flexibility index (Phi) is 6.37. The van der Waals surface area contributed by atoms with Crippen LogP contribution in [-0.4, -0.2) is 57.6 Å². The second-order valence-electron chi connectivity index (χ2n) is 4.72. The molecule has 1 saturated heterocycles. The molecule has 0 saturated carbocycles. The van der Waals surface area contributed by atoms with Crippen molar-refractivity contribution in [3.05, 3.63) is 0 Å². The molecule has 0 bridgehead atoms. The van der Waals surface area contributed by atoms with Gasteiger partial charge < -0.3 is 25.2 Å². The van der Waals surface area contributed by atoms with Crippen molar-refractivity contribution in [2.24, 2.45) is 0 Å². The van der Waals surface area contributed by atoms with Crippen molar-refractivity contribution in [3.63, 3.8) is 0 Å². The van der Waals surface area contributed by atoms with Gasteiger partial charge in [0.15, 0.2) is 0 Å². The van der Waals surface area contributed by atoms with Crippen LogP contribution in [0.5, 0.6) is 0 Å². The smallest absolute Gasteiger partial charge is 0.111 e. The van der Waals surface area contributed by atoms with Crippen molar-refractivity contribution in [2.75, 3.05) is 6.61 Å². The molecule has 5 atom stereocenters. The van der Waals surface area contributed by atoms with Crippen LogP contribution in [0.25, 0.3) is 0 Å². The summed E-state index contributed by atoms with van der Waals surface area (Å²) in [5.41, 5.74) is 0. The van der Waals surface area contributed by atoms with Gasteiger partial charge in [-0.3, -0.25) is 0 Å². The average Bonchev–Trinajstić information content (AvgIpc) is 2.34. The molecule has 1 rings (SSSR count). The summed E-state index contributed by atoms with van der Waals surface area (Å²) >= 11 is 0. The normalized spacial score (nSPS) is 38.3. The van der Waals surface area contributed by atoms with Crippen molar-refractivity contribution in [2.45, 2.75) is 69.5 Å². The van der Waals surface area contributed by atoms with Gasteiger partial charge in [0, 0.05) is 0 Å². The van der Waals surface area contributed by atoms with Gasteiger partial charge >= 0.3 is 0 Å². The molecule has 102 valence electrons. The molecule has 0 amide bonds. The van der Waals surface area contributed by atoms with E-state index in [-0.39, 0.29) is 6.61 Å². The quantitative estimate of drug-likeness (QED) is 0.489. The van der Waals surface area contributed by atoms with Crippen molar-refractivity contribution in [3.8, 4) is 0 Å². The third-order valence-corrected chi connectivity index (χ3v) is 3.33. The summed E-state index contributed by atoms with van der Waals surface area (Å²) in [5, 5.41) is 37.9. The number of hydrogen-bond acceptors (Lipinski definition) is 5. The number of aliphatic hydroxyl groups excluding tert-OH is 4. The minimum Gasteiger partial charge on any atom is -0.394 e. The van der Waals surface area contributed by atoms with Crippen molar-refractivity contribution < 1.29 is 25.2 Å². The lowest BCUT2D eigenvalue weighted by Crippen LogP contribution is -2.58. The first-order valence-electron chi connectivity index (χ1n) is 6.42. The van der Waals surface area contributed by atoms with E-state index < -0.39 is 30.5 Å². The third kappa shape index (κ3) is 3.89. The molecule has 5 nitrogen and oxygen atoms in total. The Morgan fingerprint density at radius 2 is 1.53 bits per heavy atom. The van der Waals surface area contributed by atoms with Crippen LogP contribution in [0.3, 0.4) is 0 Å². The molecular formula is C12H24O5. The Labute approximate surface area is 102 Å². The van der Waals surface area contributed by atoms with Gasteiger partial charge in [0.1, 0.15) is 24.4 Å². The first-order chi connectivity index (χ1) is 8.11. The monoisotopic (exact) mass is 248 g/mol. The van der Waals surface area contributed by atoms with Crippen LogP contribution in [-0.2, 0) is 4.74 Å². The number of ether oxygens (including phenoxy) is 1. The fourth-order valence-electron chi connectivity index (χ4n) is 2.19. The van der Waals surface area contributed by atoms with E-state index in [1.165, 1.54) is 0 Å². The molecule has 1 fully saturated rings. The van der Waals surface area contributed by atoms with Crippen LogP contribution in [0.15, 0.2) is 0 Å². The summed E-state index contributed by atoms with van der Waals surface area (Å²) in [5.74, 6) is 0. The Hall–Kier alpha value is -0.200. The van der Waals surface area contributed by atoms with E-state index in [0.29, 0.717) is 6.42 Å². The second kappa shape index (κ2) is 7.28. The zero-order valence-corrected chi connectivity index (χ0v) is 10.3. The zero-order valence-electron chi connectivity index (χ0n) is 10.3. The Morgan fingerprint density at radius 1 is 0.882 bits per heavy atom. The fraction of sp³-hybridized carbons (Fsp3) is 1.00. The molecule has 1 heterocycles. The van der Waals surface area contributed by atoms with Crippen LogP contribution in [0.4, 0.5) is 0 Å². The Bertz CT molecular complexity index is 209. The van der Waals surface area contributed by atoms with E-state index in [0.717, 1.165) is 25.7 Å². The second-order valence-corrected chi connectivity index (χ2v) is 4.72. The maximum atomic E-state index is 9.76. The molecule has 0 radical (unpaired) electrons. The van der Waals surface area contributed by atoms with Crippen LogP contribution >= 0.6 is 0 Å². The Balaban J connectivity index is 2.42. The predicted octanol–water partition coefficient (Wildman–Crippen LogP) is -0.201. The molecular weight excluding hydrogens is 224 g/mol. The van der Waals surface area contributed by atoms with E-state index in [1.54, 1.807) is 0 Å². The minimum absolute atomic E-state index is 0.351. The SMILES string of the molecule is CCCCCCC1O[C@H](CO)[C@@H](O)[C@H](O)[C@H]1O. The molecule has 17 heavy (non-hydrogen) atoms.